The molecule has 0 aliphatic carbocycles. The first-order valence-corrected chi connectivity index (χ1v) is 21.5. The van der Waals surface area contributed by atoms with E-state index in [0.717, 1.165) is 62.8 Å². The number of hydrogen-bond acceptors (Lipinski definition) is 4. The molecule has 60 heavy (non-hydrogen) atoms. The van der Waals surface area contributed by atoms with E-state index in [1.54, 1.807) is 12.5 Å². The molecule has 1 N–H and O–H groups in total. The third kappa shape index (κ3) is 8.76. The zero-order valence-electron chi connectivity index (χ0n) is 32.1. The van der Waals surface area contributed by atoms with Gasteiger partial charge in [-0.3, -0.25) is 4.57 Å². The van der Waals surface area contributed by atoms with Crippen LogP contribution < -0.4 is 0 Å². The molecule has 0 amide bonds. The summed E-state index contributed by atoms with van der Waals surface area (Å²) in [4.78, 5) is 19.9. The summed E-state index contributed by atoms with van der Waals surface area (Å²) in [6.07, 6.45) is 7.19. The van der Waals surface area contributed by atoms with Gasteiger partial charge in [0.15, 0.2) is 11.3 Å². The van der Waals surface area contributed by atoms with Crippen molar-refractivity contribution in [3.8, 4) is 0 Å². The van der Waals surface area contributed by atoms with Gasteiger partial charge in [0.2, 0.25) is 0 Å². The fourth-order valence-corrected chi connectivity index (χ4v) is 8.88. The van der Waals surface area contributed by atoms with E-state index in [-0.39, 0.29) is 24.0 Å². The van der Waals surface area contributed by atoms with Crippen LogP contribution in [0.15, 0.2) is 219 Å². The van der Waals surface area contributed by atoms with E-state index >= 15 is 0 Å². The Kier molecular flexibility index (Phi) is 14.4. The first kappa shape index (κ1) is 43.1. The number of fused-ring (bicyclic) bond motifs is 2. The summed E-state index contributed by atoms with van der Waals surface area (Å²) in [5, 5.41) is 0. The molecule has 296 valence electrons. The van der Waals surface area contributed by atoms with Crippen LogP contribution in [-0.2, 0) is 10.4 Å². The Hall–Kier alpha value is -4.96. The predicted molar refractivity (Wildman–Crippen MR) is 272 cm³/mol. The highest BCUT2D eigenvalue weighted by molar-refractivity contribution is 14.1. The monoisotopic (exact) mass is 1140 g/mol. The Balaban J connectivity index is 0.000000151. The number of nitrogens with zero attached hydrogens (tertiary/aromatic N) is 5. The molecule has 0 atom stereocenters. The van der Waals surface area contributed by atoms with Gasteiger partial charge in [0.1, 0.15) is 15.9 Å². The molecule has 0 fully saturated rings. The van der Waals surface area contributed by atoms with E-state index in [1.807, 2.05) is 79.3 Å². The second-order valence-electron chi connectivity index (χ2n) is 13.5. The van der Waals surface area contributed by atoms with Crippen LogP contribution in [0.4, 0.5) is 0 Å². The van der Waals surface area contributed by atoms with Crippen molar-refractivity contribution in [2.24, 2.45) is 0 Å². The average Bonchev–Trinajstić information content (AvgIpc) is 3.99. The molecule has 0 aliphatic heterocycles. The quantitative estimate of drug-likeness (QED) is 0.0980. The van der Waals surface area contributed by atoms with Crippen molar-refractivity contribution in [3.63, 3.8) is 0 Å². The van der Waals surface area contributed by atoms with Gasteiger partial charge in [0.25, 0.3) is 0 Å². The number of hydrogen-bond donors (Lipinski definition) is 1. The van der Waals surface area contributed by atoms with Crippen molar-refractivity contribution < 1.29 is 0 Å². The topological polar surface area (TPSA) is 72.3 Å². The maximum Gasteiger partial charge on any atom is 0.178 e. The molecule has 0 unspecified atom stereocenters. The van der Waals surface area contributed by atoms with Crippen LogP contribution >= 0.6 is 80.8 Å². The van der Waals surface area contributed by atoms with Gasteiger partial charge in [-0.15, -0.1) is 35.6 Å². The molecule has 4 heterocycles. The summed E-state index contributed by atoms with van der Waals surface area (Å²) in [6.45, 7) is 0. The van der Waals surface area contributed by atoms with Crippen LogP contribution in [0.5, 0.6) is 0 Å². The SMILES string of the molecule is ClC(c1ccccc1)(c1ccccc1)c1ccccc1.I.Ic1ccnc2c1ncn2C(c1ccccc1)(c1ccccc1)c1ccccc1.Ic1ccnc2nc[nH]c12. The highest BCUT2D eigenvalue weighted by Gasteiger charge is 2.40. The molecular weight excluding hydrogens is 1100 g/mol. The predicted octanol–water partition coefficient (Wildman–Crippen LogP) is 13.3. The van der Waals surface area contributed by atoms with E-state index in [4.69, 9.17) is 21.6 Å². The Morgan fingerprint density at radius 3 is 1.25 bits per heavy atom. The van der Waals surface area contributed by atoms with Crippen molar-refractivity contribution in [3.05, 3.63) is 260 Å². The van der Waals surface area contributed by atoms with Gasteiger partial charge in [-0.1, -0.05) is 182 Å². The third-order valence-electron chi connectivity index (χ3n) is 10.1. The fraction of sp³-hybridized carbons (Fsp3) is 0.0400. The highest BCUT2D eigenvalue weighted by atomic mass is 127. The largest absolute Gasteiger partial charge is 0.342 e. The average molecular weight is 1140 g/mol. The number of benzene rings is 6. The molecule has 6 nitrogen and oxygen atoms in total. The van der Waals surface area contributed by atoms with Gasteiger partial charge < -0.3 is 4.98 Å². The van der Waals surface area contributed by atoms with Crippen LogP contribution in [-0.4, -0.2) is 29.5 Å². The number of imidazole rings is 2. The second-order valence-corrected chi connectivity index (χ2v) is 16.4. The molecule has 4 aromatic heterocycles. The third-order valence-corrected chi connectivity index (χ3v) is 12.5. The van der Waals surface area contributed by atoms with Crippen molar-refractivity contribution in [2.75, 3.05) is 0 Å². The minimum absolute atomic E-state index is 0. The van der Waals surface area contributed by atoms with E-state index in [0.29, 0.717) is 0 Å². The molecule has 0 aliphatic rings. The van der Waals surface area contributed by atoms with Crippen LogP contribution in [0, 0.1) is 7.14 Å². The van der Waals surface area contributed by atoms with Crippen LogP contribution in [0.2, 0.25) is 0 Å². The number of alkyl halides is 1. The first-order chi connectivity index (χ1) is 29.0. The van der Waals surface area contributed by atoms with E-state index in [2.05, 4.69) is 192 Å². The summed E-state index contributed by atoms with van der Waals surface area (Å²) in [6, 6.07) is 66.4. The maximum atomic E-state index is 7.12. The lowest BCUT2D eigenvalue weighted by atomic mass is 9.76. The zero-order chi connectivity index (χ0) is 40.5. The number of nitrogens with one attached hydrogen (secondary N) is 1. The minimum atomic E-state index is -0.649. The second kappa shape index (κ2) is 20.1. The van der Waals surface area contributed by atoms with Crippen molar-refractivity contribution >= 4 is 103 Å². The highest BCUT2D eigenvalue weighted by Crippen LogP contribution is 2.44. The number of pyridine rings is 2. The van der Waals surface area contributed by atoms with Gasteiger partial charge in [-0.05, 0) is 90.7 Å². The Labute approximate surface area is 398 Å². The summed E-state index contributed by atoms with van der Waals surface area (Å²) in [7, 11) is 0. The van der Waals surface area contributed by atoms with Crippen LogP contribution in [0.1, 0.15) is 33.4 Å². The van der Waals surface area contributed by atoms with Crippen molar-refractivity contribution in [1.29, 1.82) is 0 Å². The molecule has 6 aromatic carbocycles. The summed E-state index contributed by atoms with van der Waals surface area (Å²) >= 11 is 11.7. The van der Waals surface area contributed by atoms with Crippen molar-refractivity contribution in [2.45, 2.75) is 10.4 Å². The number of rotatable bonds is 7. The molecule has 0 saturated carbocycles. The lowest BCUT2D eigenvalue weighted by Gasteiger charge is -2.37. The summed E-state index contributed by atoms with van der Waals surface area (Å²) < 4.78 is 4.46. The van der Waals surface area contributed by atoms with Gasteiger partial charge >= 0.3 is 0 Å². The molecule has 10 rings (SSSR count). The van der Waals surface area contributed by atoms with Gasteiger partial charge in [0.05, 0.1) is 18.2 Å². The van der Waals surface area contributed by atoms with Crippen LogP contribution in [0.25, 0.3) is 22.3 Å². The standard InChI is InChI=1S/C25H18IN3.C19H15Cl.C6H4IN3.HI/c26-22-16-17-27-24-23(22)28-18-29(24)25(19-10-4-1-5-11-19,20-12-6-2-7-13-20)21-14-8-3-9-15-21;20-19(16-10-4-1-5-11-16,17-12-6-2-7-13-17)18-14-8-3-9-15-18;7-4-1-2-8-6-5(4)9-3-10-6;/h1-18H;1-15H;1-3H,(H,8,9,10);1H. The minimum Gasteiger partial charge on any atom is -0.342 e. The first-order valence-electron chi connectivity index (χ1n) is 18.9. The van der Waals surface area contributed by atoms with Gasteiger partial charge in [-0.2, -0.15) is 0 Å². The van der Waals surface area contributed by atoms with Gasteiger partial charge in [0, 0.05) is 19.5 Å². The normalized spacial score (nSPS) is 11.1. The molecule has 0 saturated heterocycles. The lowest BCUT2D eigenvalue weighted by molar-refractivity contribution is 0.526. The maximum absolute atomic E-state index is 7.12. The summed E-state index contributed by atoms with van der Waals surface area (Å²) in [5.74, 6) is 0. The molecule has 0 bridgehead atoms. The van der Waals surface area contributed by atoms with Crippen molar-refractivity contribution in [1.82, 2.24) is 29.5 Å². The molecule has 10 aromatic rings. The zero-order valence-corrected chi connectivity index (χ0v) is 39.5. The summed E-state index contributed by atoms with van der Waals surface area (Å²) in [5.41, 5.74) is 9.74. The fourth-order valence-electron chi connectivity index (χ4n) is 7.41. The number of aromatic nitrogens is 6. The molecule has 10 heteroatoms. The molecule has 0 radical (unpaired) electrons. The number of aromatic amines is 1. The van der Waals surface area contributed by atoms with Crippen LogP contribution in [0.3, 0.4) is 0 Å². The Morgan fingerprint density at radius 1 is 0.450 bits per heavy atom. The Morgan fingerprint density at radius 2 is 0.833 bits per heavy atom. The van der Waals surface area contributed by atoms with Gasteiger partial charge in [-0.25, -0.2) is 19.9 Å². The lowest BCUT2D eigenvalue weighted by Crippen LogP contribution is -2.37. The molecular formula is C50H38ClI3N6. The number of halogens is 4. The Bertz CT molecular complexity index is 2670. The number of H-pyrrole nitrogens is 1. The van der Waals surface area contributed by atoms with E-state index in [1.165, 1.54) is 0 Å². The van der Waals surface area contributed by atoms with E-state index < -0.39 is 10.4 Å². The van der Waals surface area contributed by atoms with E-state index in [9.17, 15) is 0 Å². The molecule has 0 spiro atoms. The smallest absolute Gasteiger partial charge is 0.178 e.